The lowest BCUT2D eigenvalue weighted by atomic mass is 9.98. The van der Waals surface area contributed by atoms with E-state index in [-0.39, 0.29) is 25.9 Å². The average molecular weight is 1020 g/mol. The number of hydrogen-bond acceptors (Lipinski definition) is 11. The van der Waals surface area contributed by atoms with E-state index in [1.165, 1.54) is 0 Å². The summed E-state index contributed by atoms with van der Waals surface area (Å²) >= 11 is 0. The maximum absolute atomic E-state index is 13.1. The molecule has 0 aromatic carbocycles. The number of aliphatic hydroxyl groups excluding tert-OH is 2. The molecule has 1 heterocycles. The van der Waals surface area contributed by atoms with E-state index in [1.807, 2.05) is 12.2 Å². The predicted molar refractivity (Wildman–Crippen MR) is 293 cm³/mol. The molecule has 3 N–H and O–H groups in total. The second kappa shape index (κ2) is 47.8. The van der Waals surface area contributed by atoms with Crippen LogP contribution in [0.5, 0.6) is 0 Å². The van der Waals surface area contributed by atoms with Crippen LogP contribution in [0.2, 0.25) is 0 Å². The molecular formula is C61H92O12. The molecule has 1 rings (SSSR count). The molecule has 0 radical (unpaired) electrons. The number of carboxylic acid groups (broad SMARTS) is 1. The zero-order valence-electron chi connectivity index (χ0n) is 44.6. The van der Waals surface area contributed by atoms with Gasteiger partial charge >= 0.3 is 23.9 Å². The highest BCUT2D eigenvalue weighted by molar-refractivity contribution is 5.74. The molecule has 0 amide bonds. The third-order valence-electron chi connectivity index (χ3n) is 11.2. The van der Waals surface area contributed by atoms with Gasteiger partial charge in [-0.3, -0.25) is 14.4 Å². The van der Waals surface area contributed by atoms with Crippen LogP contribution in [0.25, 0.3) is 0 Å². The number of rotatable bonds is 43. The smallest absolute Gasteiger partial charge is 0.335 e. The van der Waals surface area contributed by atoms with Gasteiger partial charge in [-0.25, -0.2) is 4.79 Å². The quantitative estimate of drug-likeness (QED) is 0.0228. The first-order chi connectivity index (χ1) is 35.6. The van der Waals surface area contributed by atoms with Gasteiger partial charge in [-0.05, 0) is 122 Å². The minimum Gasteiger partial charge on any atom is -0.479 e. The van der Waals surface area contributed by atoms with Crippen LogP contribution in [-0.4, -0.2) is 89.2 Å². The van der Waals surface area contributed by atoms with Crippen LogP contribution in [0.15, 0.2) is 134 Å². The Morgan fingerprint density at radius 3 is 1.26 bits per heavy atom. The number of carboxylic acids is 1. The van der Waals surface area contributed by atoms with Crippen LogP contribution in [0.3, 0.4) is 0 Å². The van der Waals surface area contributed by atoms with Gasteiger partial charge < -0.3 is 39.0 Å². The maximum atomic E-state index is 13.1. The number of carbonyl (C=O) groups excluding carboxylic acids is 3. The zero-order chi connectivity index (χ0) is 53.3. The molecule has 1 saturated heterocycles. The third kappa shape index (κ3) is 38.2. The molecule has 0 aromatic rings. The molecule has 12 nitrogen and oxygen atoms in total. The summed E-state index contributed by atoms with van der Waals surface area (Å²) in [6, 6.07) is 0. The fourth-order valence-electron chi connectivity index (χ4n) is 7.13. The first-order valence-electron chi connectivity index (χ1n) is 27.2. The van der Waals surface area contributed by atoms with Gasteiger partial charge in [-0.15, -0.1) is 0 Å². The summed E-state index contributed by atoms with van der Waals surface area (Å²) in [5.41, 5.74) is 0. The standard InChI is InChI=1S/C61H92O12/c1-4-7-10-13-16-19-22-25-26-27-28-31-34-37-40-43-46-49-55(64)72-59-57(66)56(65)58(60(67)68)73-61(59)70-51-52(71-54(63)48-45-42-39-36-33-30-24-21-18-15-12-9-6-3)50-69-53(62)47-44-41-38-35-32-29-23-20-17-14-11-8-5-2/h7-12,16-21,25-26,28-33,37,40,52,56-59,61,65-66H,4-6,13-15,22-24,27,34-36,38-39,41-51H2,1-3H3,(H,67,68)/b10-7-,11-8-,12-9-,19-16-,20-17-,21-18-,26-25-,31-28-,32-29-,33-30-,40-37-. The summed E-state index contributed by atoms with van der Waals surface area (Å²) in [6.45, 7) is 5.53. The minimum atomic E-state index is -1.94. The van der Waals surface area contributed by atoms with E-state index in [9.17, 15) is 34.5 Å². The summed E-state index contributed by atoms with van der Waals surface area (Å²) in [5.74, 6) is -3.31. The Hall–Kier alpha value is -5.14. The topological polar surface area (TPSA) is 175 Å². The number of aliphatic carboxylic acids is 1. The Labute approximate surface area is 439 Å². The van der Waals surface area contributed by atoms with Gasteiger partial charge in [0.1, 0.15) is 18.8 Å². The number of unbranched alkanes of at least 4 members (excludes halogenated alkanes) is 7. The van der Waals surface area contributed by atoms with E-state index in [0.29, 0.717) is 25.7 Å². The highest BCUT2D eigenvalue weighted by atomic mass is 16.7. The number of esters is 3. The molecule has 12 heteroatoms. The maximum Gasteiger partial charge on any atom is 0.335 e. The summed E-state index contributed by atoms with van der Waals surface area (Å²) in [5, 5.41) is 31.4. The Morgan fingerprint density at radius 2 is 0.836 bits per heavy atom. The minimum absolute atomic E-state index is 0.0323. The number of aliphatic hydroxyl groups is 2. The van der Waals surface area contributed by atoms with Crippen molar-refractivity contribution in [2.24, 2.45) is 0 Å². The van der Waals surface area contributed by atoms with Crippen molar-refractivity contribution in [2.45, 2.75) is 212 Å². The number of allylic oxidation sites excluding steroid dienone is 22. The fourth-order valence-corrected chi connectivity index (χ4v) is 7.13. The predicted octanol–water partition coefficient (Wildman–Crippen LogP) is 13.4. The normalized spacial score (nSPS) is 19.4. The molecule has 6 atom stereocenters. The van der Waals surface area contributed by atoms with Gasteiger partial charge in [0.05, 0.1) is 6.61 Å². The van der Waals surface area contributed by atoms with Crippen LogP contribution >= 0.6 is 0 Å². The first-order valence-corrected chi connectivity index (χ1v) is 27.2. The summed E-state index contributed by atoms with van der Waals surface area (Å²) < 4.78 is 28.2. The summed E-state index contributed by atoms with van der Waals surface area (Å²) in [7, 11) is 0. The van der Waals surface area contributed by atoms with Crippen LogP contribution in [0.1, 0.15) is 175 Å². The summed E-state index contributed by atoms with van der Waals surface area (Å²) in [6.07, 6.45) is 54.4. The molecule has 1 aliphatic rings. The Bertz CT molecular complexity index is 1780. The highest BCUT2D eigenvalue weighted by Crippen LogP contribution is 2.26. The SMILES string of the molecule is CC/C=C\C/C=C\C/C=C\C/C=C\C/C=C\CCCC(=O)OC1C(OCC(COC(=O)CCCCC/C=C\C/C=C\C/C=C\CC)OC(=O)CCCCC/C=C\C/C=C\C/C=C\CC)OC(C(=O)O)C(O)C1O. The van der Waals surface area contributed by atoms with Crippen molar-refractivity contribution in [2.75, 3.05) is 13.2 Å². The second-order valence-electron chi connectivity index (χ2n) is 17.7. The van der Waals surface area contributed by atoms with Crippen molar-refractivity contribution in [3.05, 3.63) is 134 Å². The van der Waals surface area contributed by atoms with Gasteiger partial charge in [0.15, 0.2) is 24.6 Å². The Kier molecular flexibility index (Phi) is 43.2. The molecule has 73 heavy (non-hydrogen) atoms. The van der Waals surface area contributed by atoms with Gasteiger partial charge in [-0.2, -0.15) is 0 Å². The van der Waals surface area contributed by atoms with Crippen LogP contribution in [0.4, 0.5) is 0 Å². The molecule has 0 spiro atoms. The van der Waals surface area contributed by atoms with Gasteiger partial charge in [0.25, 0.3) is 0 Å². The van der Waals surface area contributed by atoms with E-state index >= 15 is 0 Å². The van der Waals surface area contributed by atoms with E-state index in [0.717, 1.165) is 109 Å². The van der Waals surface area contributed by atoms with Crippen molar-refractivity contribution in [1.82, 2.24) is 0 Å². The largest absolute Gasteiger partial charge is 0.479 e. The van der Waals surface area contributed by atoms with Gasteiger partial charge in [0.2, 0.25) is 0 Å². The number of ether oxygens (including phenoxy) is 5. The second-order valence-corrected chi connectivity index (χ2v) is 17.7. The van der Waals surface area contributed by atoms with Crippen LogP contribution < -0.4 is 0 Å². The van der Waals surface area contributed by atoms with Crippen molar-refractivity contribution < 1.29 is 58.2 Å². The van der Waals surface area contributed by atoms with Crippen LogP contribution in [0, 0.1) is 0 Å². The highest BCUT2D eigenvalue weighted by Gasteiger charge is 2.50. The number of hydrogen-bond donors (Lipinski definition) is 3. The van der Waals surface area contributed by atoms with Gasteiger partial charge in [0, 0.05) is 19.3 Å². The molecule has 0 saturated carbocycles. The zero-order valence-corrected chi connectivity index (χ0v) is 44.6. The molecule has 0 bridgehead atoms. The van der Waals surface area contributed by atoms with Crippen molar-refractivity contribution in [3.63, 3.8) is 0 Å². The Morgan fingerprint density at radius 1 is 0.452 bits per heavy atom. The lowest BCUT2D eigenvalue weighted by Crippen LogP contribution is -2.61. The monoisotopic (exact) mass is 1020 g/mol. The molecule has 1 aliphatic heterocycles. The van der Waals surface area contributed by atoms with Crippen molar-refractivity contribution >= 4 is 23.9 Å². The molecule has 6 unspecified atom stereocenters. The van der Waals surface area contributed by atoms with E-state index < -0.39 is 67.3 Å². The molecule has 0 aromatic heterocycles. The number of carbonyl (C=O) groups is 4. The average Bonchev–Trinajstić information content (AvgIpc) is 3.37. The van der Waals surface area contributed by atoms with E-state index in [1.54, 1.807) is 0 Å². The lowest BCUT2D eigenvalue weighted by molar-refractivity contribution is -0.301. The fraction of sp³-hybridized carbons (Fsp3) is 0.574. The van der Waals surface area contributed by atoms with Crippen LogP contribution in [-0.2, 0) is 42.9 Å². The lowest BCUT2D eigenvalue weighted by Gasteiger charge is -2.40. The molecule has 408 valence electrons. The molecular weight excluding hydrogens is 925 g/mol. The molecule has 1 fully saturated rings. The third-order valence-corrected chi connectivity index (χ3v) is 11.2. The van der Waals surface area contributed by atoms with Gasteiger partial charge in [-0.1, -0.05) is 167 Å². The Balaban J connectivity index is 2.80. The van der Waals surface area contributed by atoms with E-state index in [2.05, 4.69) is 142 Å². The van der Waals surface area contributed by atoms with Crippen molar-refractivity contribution in [3.8, 4) is 0 Å². The van der Waals surface area contributed by atoms with Crippen molar-refractivity contribution in [1.29, 1.82) is 0 Å². The molecule has 0 aliphatic carbocycles. The summed E-state index contributed by atoms with van der Waals surface area (Å²) in [4.78, 5) is 50.9. The van der Waals surface area contributed by atoms with E-state index in [4.69, 9.17) is 23.7 Å². The first kappa shape index (κ1) is 65.9.